The summed E-state index contributed by atoms with van der Waals surface area (Å²) in [5.41, 5.74) is 5.50. The van der Waals surface area contributed by atoms with Crippen molar-refractivity contribution in [1.29, 1.82) is 0 Å². The molecule has 0 atom stereocenters. The maximum Gasteiger partial charge on any atom is 0.0738 e. The van der Waals surface area contributed by atoms with E-state index in [4.69, 9.17) is 34.8 Å². The Kier molecular flexibility index (Phi) is 4.48. The number of pyridine rings is 1. The highest BCUT2D eigenvalue weighted by Crippen LogP contribution is 2.24. The van der Waals surface area contributed by atoms with Crippen molar-refractivity contribution in [2.75, 3.05) is 5.43 Å². The van der Waals surface area contributed by atoms with Gasteiger partial charge in [0.15, 0.2) is 0 Å². The Morgan fingerprint density at radius 1 is 0.955 bits per heavy atom. The molecule has 0 saturated heterocycles. The first-order valence-electron chi connectivity index (χ1n) is 6.42. The minimum Gasteiger partial charge on any atom is -0.278 e. The fourth-order valence-electron chi connectivity index (χ4n) is 1.99. The Bertz CT molecular complexity index is 862. The maximum atomic E-state index is 5.97. The Morgan fingerprint density at radius 2 is 1.82 bits per heavy atom. The average molecular weight is 351 g/mol. The highest BCUT2D eigenvalue weighted by Gasteiger charge is 2.02. The van der Waals surface area contributed by atoms with Gasteiger partial charge in [-0.25, -0.2) is 0 Å². The number of halogens is 3. The van der Waals surface area contributed by atoms with Gasteiger partial charge in [0.2, 0.25) is 0 Å². The van der Waals surface area contributed by atoms with Gasteiger partial charge in [-0.15, -0.1) is 0 Å². The number of nitrogens with zero attached hydrogens (tertiary/aromatic N) is 2. The van der Waals surface area contributed by atoms with Gasteiger partial charge >= 0.3 is 0 Å². The van der Waals surface area contributed by atoms with Crippen molar-refractivity contribution >= 4 is 57.6 Å². The summed E-state index contributed by atoms with van der Waals surface area (Å²) in [6, 6.07) is 12.7. The van der Waals surface area contributed by atoms with Crippen LogP contribution in [0.5, 0.6) is 0 Å². The van der Waals surface area contributed by atoms with Crippen LogP contribution in [0.4, 0.5) is 5.69 Å². The molecule has 1 N–H and O–H groups in total. The van der Waals surface area contributed by atoms with Crippen LogP contribution in [-0.2, 0) is 0 Å². The van der Waals surface area contributed by atoms with Crippen LogP contribution in [0.3, 0.4) is 0 Å². The molecule has 110 valence electrons. The molecule has 0 amide bonds. The molecule has 1 heterocycles. The molecule has 0 aliphatic carbocycles. The third-order valence-electron chi connectivity index (χ3n) is 3.05. The molecule has 0 aliphatic rings. The molecule has 0 radical (unpaired) electrons. The van der Waals surface area contributed by atoms with Crippen molar-refractivity contribution in [2.45, 2.75) is 0 Å². The molecule has 0 saturated carbocycles. The first-order chi connectivity index (χ1) is 10.6. The summed E-state index contributed by atoms with van der Waals surface area (Å²) in [7, 11) is 0. The molecule has 0 unspecified atom stereocenters. The molecule has 0 bridgehead atoms. The topological polar surface area (TPSA) is 37.3 Å². The van der Waals surface area contributed by atoms with Crippen LogP contribution < -0.4 is 5.43 Å². The number of fused-ring (bicyclic) bond motifs is 1. The monoisotopic (exact) mass is 349 g/mol. The third-order valence-corrected chi connectivity index (χ3v) is 4.02. The van der Waals surface area contributed by atoms with E-state index in [2.05, 4.69) is 15.5 Å². The molecule has 3 nitrogen and oxygen atoms in total. The number of hydrazone groups is 1. The average Bonchev–Trinajstić information content (AvgIpc) is 2.50. The van der Waals surface area contributed by atoms with E-state index < -0.39 is 0 Å². The van der Waals surface area contributed by atoms with Gasteiger partial charge in [0.25, 0.3) is 0 Å². The van der Waals surface area contributed by atoms with E-state index in [1.54, 1.807) is 24.5 Å². The van der Waals surface area contributed by atoms with Gasteiger partial charge in [-0.2, -0.15) is 5.10 Å². The number of hydrogen-bond donors (Lipinski definition) is 1. The SMILES string of the molecule is Clc1ccc2c(N/N=C\c3ccc(Cl)c(Cl)c3)ccnc2c1. The highest BCUT2D eigenvalue weighted by molar-refractivity contribution is 6.42. The molecule has 0 fully saturated rings. The normalized spacial score (nSPS) is 11.2. The van der Waals surface area contributed by atoms with Crippen molar-refractivity contribution in [3.05, 3.63) is 69.3 Å². The van der Waals surface area contributed by atoms with Crippen molar-refractivity contribution in [2.24, 2.45) is 5.10 Å². The Labute approximate surface area is 142 Å². The summed E-state index contributed by atoms with van der Waals surface area (Å²) in [5, 5.41) is 6.82. The van der Waals surface area contributed by atoms with E-state index in [1.165, 1.54) is 0 Å². The van der Waals surface area contributed by atoms with Crippen LogP contribution in [0.2, 0.25) is 15.1 Å². The first kappa shape index (κ1) is 15.1. The minimum absolute atomic E-state index is 0.495. The second-order valence-corrected chi connectivity index (χ2v) is 5.81. The summed E-state index contributed by atoms with van der Waals surface area (Å²) in [5.74, 6) is 0. The van der Waals surface area contributed by atoms with E-state index in [-0.39, 0.29) is 0 Å². The minimum atomic E-state index is 0.495. The Hall–Kier alpha value is -1.81. The number of hydrogen-bond acceptors (Lipinski definition) is 3. The standard InChI is InChI=1S/C16H10Cl3N3/c17-11-2-3-12-15(5-6-20-16(12)8-11)22-21-9-10-1-4-13(18)14(19)7-10/h1-9H,(H,20,22)/b21-9-. The predicted molar refractivity (Wildman–Crippen MR) is 94.4 cm³/mol. The van der Waals surface area contributed by atoms with E-state index in [9.17, 15) is 0 Å². The molecule has 0 aliphatic heterocycles. The Morgan fingerprint density at radius 3 is 2.64 bits per heavy atom. The zero-order valence-corrected chi connectivity index (χ0v) is 13.5. The fourth-order valence-corrected chi connectivity index (χ4v) is 2.46. The lowest BCUT2D eigenvalue weighted by atomic mass is 10.2. The predicted octanol–water partition coefficient (Wildman–Crippen LogP) is 5.64. The van der Waals surface area contributed by atoms with Gasteiger partial charge in [0.05, 0.1) is 27.5 Å². The number of anilines is 1. The van der Waals surface area contributed by atoms with Gasteiger partial charge in [0.1, 0.15) is 0 Å². The van der Waals surface area contributed by atoms with Gasteiger partial charge in [0, 0.05) is 16.6 Å². The second kappa shape index (κ2) is 6.53. The number of benzene rings is 2. The van der Waals surface area contributed by atoms with Crippen LogP contribution in [0.1, 0.15) is 5.56 Å². The molecule has 1 aromatic heterocycles. The molecule has 3 aromatic rings. The molecular weight excluding hydrogens is 341 g/mol. The van der Waals surface area contributed by atoms with E-state index in [0.717, 1.165) is 22.2 Å². The lowest BCUT2D eigenvalue weighted by Gasteiger charge is -2.05. The zero-order valence-electron chi connectivity index (χ0n) is 11.2. The van der Waals surface area contributed by atoms with Gasteiger partial charge in [-0.05, 0) is 42.0 Å². The van der Waals surface area contributed by atoms with Crippen molar-refractivity contribution in [1.82, 2.24) is 4.98 Å². The lowest BCUT2D eigenvalue weighted by Crippen LogP contribution is -1.93. The molecule has 0 spiro atoms. The smallest absolute Gasteiger partial charge is 0.0738 e. The van der Waals surface area contributed by atoms with E-state index >= 15 is 0 Å². The van der Waals surface area contributed by atoms with E-state index in [0.29, 0.717) is 15.1 Å². The molecule has 22 heavy (non-hydrogen) atoms. The summed E-state index contributed by atoms with van der Waals surface area (Å²) in [4.78, 5) is 4.28. The summed E-state index contributed by atoms with van der Waals surface area (Å²) >= 11 is 17.8. The van der Waals surface area contributed by atoms with Crippen LogP contribution in [-0.4, -0.2) is 11.2 Å². The second-order valence-electron chi connectivity index (χ2n) is 4.56. The van der Waals surface area contributed by atoms with Crippen LogP contribution in [0, 0.1) is 0 Å². The third kappa shape index (κ3) is 3.33. The van der Waals surface area contributed by atoms with Gasteiger partial charge < -0.3 is 0 Å². The number of rotatable bonds is 3. The lowest BCUT2D eigenvalue weighted by molar-refractivity contribution is 1.33. The summed E-state index contributed by atoms with van der Waals surface area (Å²) < 4.78 is 0. The van der Waals surface area contributed by atoms with Crippen LogP contribution >= 0.6 is 34.8 Å². The number of aromatic nitrogens is 1. The van der Waals surface area contributed by atoms with Crippen LogP contribution in [0.15, 0.2) is 53.8 Å². The fraction of sp³-hybridized carbons (Fsp3) is 0. The summed E-state index contributed by atoms with van der Waals surface area (Å²) in [6.45, 7) is 0. The molecule has 6 heteroatoms. The molecule has 2 aromatic carbocycles. The number of nitrogens with one attached hydrogen (secondary N) is 1. The van der Waals surface area contributed by atoms with Crippen molar-refractivity contribution < 1.29 is 0 Å². The van der Waals surface area contributed by atoms with E-state index in [1.807, 2.05) is 30.3 Å². The largest absolute Gasteiger partial charge is 0.278 e. The van der Waals surface area contributed by atoms with Gasteiger partial charge in [-0.1, -0.05) is 40.9 Å². The highest BCUT2D eigenvalue weighted by atomic mass is 35.5. The van der Waals surface area contributed by atoms with Crippen molar-refractivity contribution in [3.8, 4) is 0 Å². The molecule has 3 rings (SSSR count). The van der Waals surface area contributed by atoms with Gasteiger partial charge in [-0.3, -0.25) is 10.4 Å². The first-order valence-corrected chi connectivity index (χ1v) is 7.55. The van der Waals surface area contributed by atoms with Crippen molar-refractivity contribution in [3.63, 3.8) is 0 Å². The summed E-state index contributed by atoms with van der Waals surface area (Å²) in [6.07, 6.45) is 3.38. The quantitative estimate of drug-likeness (QED) is 0.490. The Balaban J connectivity index is 1.84. The maximum absolute atomic E-state index is 5.97. The van der Waals surface area contributed by atoms with Crippen LogP contribution in [0.25, 0.3) is 10.9 Å². The zero-order chi connectivity index (χ0) is 15.5. The molecular formula is C16H10Cl3N3.